The topological polar surface area (TPSA) is 81.7 Å². The highest BCUT2D eigenvalue weighted by Crippen LogP contribution is 2.22. The number of rotatable bonds is 6. The van der Waals surface area contributed by atoms with Crippen molar-refractivity contribution in [3.63, 3.8) is 0 Å². The number of aliphatic hydroxyl groups is 1. The molecular formula is C13H25N3O3. The summed E-state index contributed by atoms with van der Waals surface area (Å²) < 4.78 is 0. The number of nitrogens with one attached hydrogen (secondary N) is 2. The van der Waals surface area contributed by atoms with Gasteiger partial charge in [-0.3, -0.25) is 15.0 Å². The van der Waals surface area contributed by atoms with Crippen LogP contribution in [-0.4, -0.2) is 53.7 Å². The van der Waals surface area contributed by atoms with Crippen molar-refractivity contribution in [2.24, 2.45) is 0 Å². The molecule has 3 amide bonds. The molecule has 0 aromatic heterocycles. The first-order valence-electron chi connectivity index (χ1n) is 6.98. The molecule has 0 aromatic carbocycles. The fourth-order valence-electron chi connectivity index (χ4n) is 2.44. The Hall–Kier alpha value is -1.14. The zero-order chi connectivity index (χ0) is 14.3. The van der Waals surface area contributed by atoms with Crippen molar-refractivity contribution in [1.29, 1.82) is 0 Å². The minimum Gasteiger partial charge on any atom is -0.395 e. The summed E-state index contributed by atoms with van der Waals surface area (Å²) in [6.07, 6.45) is 4.46. The molecule has 0 atom stereocenters. The van der Waals surface area contributed by atoms with E-state index in [1.807, 2.05) is 18.7 Å². The molecular weight excluding hydrogens is 246 g/mol. The Labute approximate surface area is 114 Å². The maximum absolute atomic E-state index is 11.8. The van der Waals surface area contributed by atoms with Crippen molar-refractivity contribution < 1.29 is 14.7 Å². The highest BCUT2D eigenvalue weighted by atomic mass is 16.3. The molecule has 0 radical (unpaired) electrons. The van der Waals surface area contributed by atoms with E-state index in [4.69, 9.17) is 5.11 Å². The molecule has 6 heteroatoms. The van der Waals surface area contributed by atoms with Crippen molar-refractivity contribution in [1.82, 2.24) is 15.5 Å². The Morgan fingerprint density at radius 2 is 1.95 bits per heavy atom. The van der Waals surface area contributed by atoms with Gasteiger partial charge < -0.3 is 10.4 Å². The number of urea groups is 1. The molecule has 19 heavy (non-hydrogen) atoms. The lowest BCUT2D eigenvalue weighted by Gasteiger charge is -2.27. The first-order valence-corrected chi connectivity index (χ1v) is 6.98. The normalized spacial score (nSPS) is 16.1. The number of nitrogens with zero attached hydrogens (tertiary/aromatic N) is 1. The number of imide groups is 1. The molecule has 110 valence electrons. The zero-order valence-electron chi connectivity index (χ0n) is 11.8. The maximum atomic E-state index is 11.8. The molecule has 6 nitrogen and oxygen atoms in total. The number of hydrogen-bond acceptors (Lipinski definition) is 4. The molecule has 1 saturated carbocycles. The number of hydrogen-bond donors (Lipinski definition) is 3. The van der Waals surface area contributed by atoms with Gasteiger partial charge in [0.2, 0.25) is 5.91 Å². The lowest BCUT2D eigenvalue weighted by molar-refractivity contribution is -0.121. The van der Waals surface area contributed by atoms with Crippen LogP contribution in [0.5, 0.6) is 0 Å². The van der Waals surface area contributed by atoms with Crippen LogP contribution >= 0.6 is 0 Å². The van der Waals surface area contributed by atoms with E-state index in [0.717, 1.165) is 12.8 Å². The fraction of sp³-hybridized carbons (Fsp3) is 0.846. The van der Waals surface area contributed by atoms with Gasteiger partial charge in [0.15, 0.2) is 0 Å². The number of amides is 3. The molecule has 0 aliphatic heterocycles. The Morgan fingerprint density at radius 1 is 1.32 bits per heavy atom. The minimum atomic E-state index is -0.463. The average molecular weight is 271 g/mol. The highest BCUT2D eigenvalue weighted by molar-refractivity contribution is 5.95. The third kappa shape index (κ3) is 6.02. The Kier molecular flexibility index (Phi) is 6.80. The quantitative estimate of drug-likeness (QED) is 0.655. The highest BCUT2D eigenvalue weighted by Gasteiger charge is 2.24. The van der Waals surface area contributed by atoms with Crippen LogP contribution in [0.4, 0.5) is 4.79 Å². The predicted molar refractivity (Wildman–Crippen MR) is 72.7 cm³/mol. The molecule has 1 fully saturated rings. The second kappa shape index (κ2) is 8.12. The van der Waals surface area contributed by atoms with Crippen molar-refractivity contribution >= 4 is 11.9 Å². The van der Waals surface area contributed by atoms with Crippen molar-refractivity contribution in [2.45, 2.75) is 51.6 Å². The van der Waals surface area contributed by atoms with E-state index < -0.39 is 6.03 Å². The SMILES string of the molecule is CC(C)NC(=O)NC(=O)CN(CCO)C1CCCC1. The summed E-state index contributed by atoms with van der Waals surface area (Å²) in [6.45, 7) is 4.34. The lowest BCUT2D eigenvalue weighted by atomic mass is 10.2. The summed E-state index contributed by atoms with van der Waals surface area (Å²) in [5, 5.41) is 14.0. The second-order valence-electron chi connectivity index (χ2n) is 5.31. The minimum absolute atomic E-state index is 0.00354. The summed E-state index contributed by atoms with van der Waals surface area (Å²) in [5.74, 6) is -0.321. The van der Waals surface area contributed by atoms with Crippen molar-refractivity contribution in [3.8, 4) is 0 Å². The van der Waals surface area contributed by atoms with Gasteiger partial charge in [0.1, 0.15) is 0 Å². The van der Waals surface area contributed by atoms with E-state index >= 15 is 0 Å². The molecule has 0 aromatic rings. The van der Waals surface area contributed by atoms with Crippen LogP contribution in [0.1, 0.15) is 39.5 Å². The molecule has 1 aliphatic rings. The van der Waals surface area contributed by atoms with Gasteiger partial charge in [-0.1, -0.05) is 12.8 Å². The summed E-state index contributed by atoms with van der Waals surface area (Å²) in [7, 11) is 0. The maximum Gasteiger partial charge on any atom is 0.321 e. The number of aliphatic hydroxyl groups excluding tert-OH is 1. The standard InChI is InChI=1S/C13H25N3O3/c1-10(2)14-13(19)15-12(18)9-16(7-8-17)11-5-3-4-6-11/h10-11,17H,3-9H2,1-2H3,(H2,14,15,18,19). The first kappa shape index (κ1) is 15.9. The van der Waals surface area contributed by atoms with E-state index in [1.54, 1.807) is 0 Å². The monoisotopic (exact) mass is 271 g/mol. The summed E-state index contributed by atoms with van der Waals surface area (Å²) >= 11 is 0. The summed E-state index contributed by atoms with van der Waals surface area (Å²) in [4.78, 5) is 25.2. The Bertz CT molecular complexity index is 302. The zero-order valence-corrected chi connectivity index (χ0v) is 11.8. The van der Waals surface area contributed by atoms with Crippen LogP contribution in [0, 0.1) is 0 Å². The van der Waals surface area contributed by atoms with Crippen LogP contribution < -0.4 is 10.6 Å². The fourth-order valence-corrected chi connectivity index (χ4v) is 2.44. The molecule has 0 bridgehead atoms. The van der Waals surface area contributed by atoms with Crippen LogP contribution in [0.15, 0.2) is 0 Å². The molecule has 1 rings (SSSR count). The third-order valence-electron chi connectivity index (χ3n) is 3.25. The molecule has 3 N–H and O–H groups in total. The Morgan fingerprint density at radius 3 is 2.47 bits per heavy atom. The number of carbonyl (C=O) groups excluding carboxylic acids is 2. The lowest BCUT2D eigenvalue weighted by Crippen LogP contribution is -2.48. The van der Waals surface area contributed by atoms with Gasteiger partial charge in [-0.15, -0.1) is 0 Å². The van der Waals surface area contributed by atoms with Crippen molar-refractivity contribution in [2.75, 3.05) is 19.7 Å². The Balaban J connectivity index is 2.40. The van der Waals surface area contributed by atoms with Gasteiger partial charge in [0.05, 0.1) is 13.2 Å². The predicted octanol–water partition coefficient (Wildman–Crippen LogP) is 0.458. The summed E-state index contributed by atoms with van der Waals surface area (Å²) in [6, 6.07) is -0.113. The van der Waals surface area contributed by atoms with E-state index in [9.17, 15) is 9.59 Å². The van der Waals surface area contributed by atoms with Crippen LogP contribution in [0.2, 0.25) is 0 Å². The first-order chi connectivity index (χ1) is 9.02. The third-order valence-corrected chi connectivity index (χ3v) is 3.25. The van der Waals surface area contributed by atoms with Gasteiger partial charge in [0, 0.05) is 18.6 Å². The van der Waals surface area contributed by atoms with Gasteiger partial charge in [-0.25, -0.2) is 4.79 Å². The van der Waals surface area contributed by atoms with E-state index in [0.29, 0.717) is 12.6 Å². The van der Waals surface area contributed by atoms with E-state index in [-0.39, 0.29) is 25.1 Å². The second-order valence-corrected chi connectivity index (χ2v) is 5.31. The molecule has 0 saturated heterocycles. The van der Waals surface area contributed by atoms with Gasteiger partial charge in [-0.05, 0) is 26.7 Å². The largest absolute Gasteiger partial charge is 0.395 e. The van der Waals surface area contributed by atoms with Gasteiger partial charge in [-0.2, -0.15) is 0 Å². The molecule has 0 heterocycles. The van der Waals surface area contributed by atoms with E-state index in [2.05, 4.69) is 10.6 Å². The average Bonchev–Trinajstić information content (AvgIpc) is 2.80. The van der Waals surface area contributed by atoms with Crippen molar-refractivity contribution in [3.05, 3.63) is 0 Å². The van der Waals surface area contributed by atoms with E-state index in [1.165, 1.54) is 12.8 Å². The summed E-state index contributed by atoms with van der Waals surface area (Å²) in [5.41, 5.74) is 0. The molecule has 0 spiro atoms. The van der Waals surface area contributed by atoms with Crippen LogP contribution in [-0.2, 0) is 4.79 Å². The van der Waals surface area contributed by atoms with Crippen LogP contribution in [0.3, 0.4) is 0 Å². The van der Waals surface area contributed by atoms with Gasteiger partial charge >= 0.3 is 6.03 Å². The molecule has 1 aliphatic carbocycles. The molecule has 0 unspecified atom stereocenters. The smallest absolute Gasteiger partial charge is 0.321 e. The number of carbonyl (C=O) groups is 2. The van der Waals surface area contributed by atoms with Crippen LogP contribution in [0.25, 0.3) is 0 Å². The van der Waals surface area contributed by atoms with Gasteiger partial charge in [0.25, 0.3) is 0 Å².